The highest BCUT2D eigenvalue weighted by Gasteiger charge is 2.17. The summed E-state index contributed by atoms with van der Waals surface area (Å²) in [5.41, 5.74) is 0. The summed E-state index contributed by atoms with van der Waals surface area (Å²) in [5.74, 6) is 0.942. The molecule has 1 aliphatic heterocycles. The molecule has 0 saturated carbocycles. The van der Waals surface area contributed by atoms with Crippen LogP contribution in [0.1, 0.15) is 0 Å². The molecule has 0 unspecified atom stereocenters. The lowest BCUT2D eigenvalue weighted by Gasteiger charge is -2.30. The summed E-state index contributed by atoms with van der Waals surface area (Å²) in [7, 11) is 2.21. The van der Waals surface area contributed by atoms with E-state index in [1.807, 2.05) is 6.07 Å². The summed E-state index contributed by atoms with van der Waals surface area (Å²) in [4.78, 5) is 11.9. The average Bonchev–Trinajstić information content (AvgIpc) is 2.19. The molecule has 76 valence electrons. The number of anilines is 1. The van der Waals surface area contributed by atoms with E-state index in [1.165, 1.54) is 6.33 Å². The van der Waals surface area contributed by atoms with Crippen LogP contribution in [0.3, 0.4) is 0 Å². The molecule has 14 heavy (non-hydrogen) atoms. The first kappa shape index (κ1) is 9.68. The van der Waals surface area contributed by atoms with Crippen LogP contribution in [0.4, 0.5) is 5.82 Å². The van der Waals surface area contributed by atoms with Crippen molar-refractivity contribution in [3.05, 3.63) is 17.5 Å². The first-order valence-electron chi connectivity index (χ1n) is 4.79. The summed E-state index contributed by atoms with van der Waals surface area (Å²) in [6.45, 7) is 4.39. The maximum Gasteiger partial charge on any atom is 0.134 e. The number of halogens is 1. The molecule has 0 spiro atoms. The zero-order valence-electron chi connectivity index (χ0n) is 8.20. The second-order valence-corrected chi connectivity index (χ2v) is 4.03. The van der Waals surface area contributed by atoms with Gasteiger partial charge in [-0.1, -0.05) is 11.6 Å². The maximum absolute atomic E-state index is 5.81. The molecule has 1 aromatic heterocycles. The van der Waals surface area contributed by atoms with Crippen LogP contribution in [-0.2, 0) is 0 Å². The molecule has 1 fully saturated rings. The lowest BCUT2D eigenvalue weighted by atomic mass is 10.3. The quantitative estimate of drug-likeness (QED) is 0.637. The molecule has 0 amide bonds. The van der Waals surface area contributed by atoms with E-state index >= 15 is 0 Å². The van der Waals surface area contributed by atoms with Crippen molar-refractivity contribution < 1.29 is 4.90 Å². The van der Waals surface area contributed by atoms with Crippen molar-refractivity contribution in [2.24, 2.45) is 0 Å². The second kappa shape index (κ2) is 4.11. The van der Waals surface area contributed by atoms with Crippen LogP contribution in [0.2, 0.25) is 5.15 Å². The molecule has 1 aliphatic rings. The highest BCUT2D eigenvalue weighted by molar-refractivity contribution is 6.29. The minimum atomic E-state index is 0.515. The third-order valence-corrected chi connectivity index (χ3v) is 2.77. The van der Waals surface area contributed by atoms with Crippen molar-refractivity contribution in [3.63, 3.8) is 0 Å². The number of hydrogen-bond acceptors (Lipinski definition) is 3. The van der Waals surface area contributed by atoms with E-state index in [-0.39, 0.29) is 0 Å². The van der Waals surface area contributed by atoms with E-state index in [4.69, 9.17) is 11.6 Å². The molecule has 5 heteroatoms. The van der Waals surface area contributed by atoms with E-state index in [2.05, 4.69) is 21.9 Å². The maximum atomic E-state index is 5.81. The van der Waals surface area contributed by atoms with Gasteiger partial charge in [0.25, 0.3) is 0 Å². The fourth-order valence-corrected chi connectivity index (χ4v) is 1.76. The van der Waals surface area contributed by atoms with Crippen molar-refractivity contribution in [1.29, 1.82) is 0 Å². The molecule has 1 saturated heterocycles. The number of nitrogens with zero attached hydrogens (tertiary/aromatic N) is 3. The van der Waals surface area contributed by atoms with Crippen LogP contribution in [0.15, 0.2) is 12.4 Å². The van der Waals surface area contributed by atoms with Crippen LogP contribution in [0.25, 0.3) is 0 Å². The predicted octanol–water partition coefficient (Wildman–Crippen LogP) is -0.535. The monoisotopic (exact) mass is 213 g/mol. The molecule has 1 aromatic rings. The van der Waals surface area contributed by atoms with Gasteiger partial charge in [0.1, 0.15) is 17.3 Å². The van der Waals surface area contributed by atoms with E-state index in [1.54, 1.807) is 4.90 Å². The van der Waals surface area contributed by atoms with Gasteiger partial charge in [0.05, 0.1) is 33.2 Å². The summed E-state index contributed by atoms with van der Waals surface area (Å²) < 4.78 is 0. The number of quaternary nitrogens is 1. The van der Waals surface area contributed by atoms with Gasteiger partial charge < -0.3 is 9.80 Å². The van der Waals surface area contributed by atoms with Crippen molar-refractivity contribution in [1.82, 2.24) is 9.97 Å². The Hall–Kier alpha value is -0.870. The zero-order valence-corrected chi connectivity index (χ0v) is 8.96. The Bertz CT molecular complexity index is 309. The smallest absolute Gasteiger partial charge is 0.134 e. The van der Waals surface area contributed by atoms with Crippen molar-refractivity contribution in [2.75, 3.05) is 38.1 Å². The number of rotatable bonds is 1. The van der Waals surface area contributed by atoms with Gasteiger partial charge in [0.2, 0.25) is 0 Å². The predicted molar refractivity (Wildman–Crippen MR) is 55.9 cm³/mol. The molecular formula is C9H14ClN4+. The Morgan fingerprint density at radius 2 is 2.07 bits per heavy atom. The number of piperazine rings is 1. The number of aromatic nitrogens is 2. The fourth-order valence-electron chi connectivity index (χ4n) is 1.61. The molecular weight excluding hydrogens is 200 g/mol. The van der Waals surface area contributed by atoms with E-state index < -0.39 is 0 Å². The lowest BCUT2D eigenvalue weighted by Crippen LogP contribution is -3.12. The number of nitrogens with one attached hydrogen (secondary N) is 1. The Balaban J connectivity index is 2.08. The summed E-state index contributed by atoms with van der Waals surface area (Å²) in [5, 5.41) is 0.515. The van der Waals surface area contributed by atoms with Gasteiger partial charge in [-0.15, -0.1) is 0 Å². The molecule has 2 heterocycles. The van der Waals surface area contributed by atoms with Crippen molar-refractivity contribution in [2.45, 2.75) is 0 Å². The van der Waals surface area contributed by atoms with Crippen LogP contribution < -0.4 is 9.80 Å². The van der Waals surface area contributed by atoms with Crippen LogP contribution in [0.5, 0.6) is 0 Å². The number of hydrogen-bond donors (Lipinski definition) is 1. The molecule has 0 aromatic carbocycles. The zero-order chi connectivity index (χ0) is 9.97. The van der Waals surface area contributed by atoms with Crippen molar-refractivity contribution in [3.8, 4) is 0 Å². The third-order valence-electron chi connectivity index (χ3n) is 2.56. The minimum Gasteiger partial charge on any atom is -0.345 e. The minimum absolute atomic E-state index is 0.515. The average molecular weight is 214 g/mol. The van der Waals surface area contributed by atoms with Gasteiger partial charge in [0, 0.05) is 6.07 Å². The van der Waals surface area contributed by atoms with Crippen molar-refractivity contribution >= 4 is 17.4 Å². The lowest BCUT2D eigenvalue weighted by molar-refractivity contribution is -0.880. The van der Waals surface area contributed by atoms with E-state index in [0.717, 1.165) is 32.0 Å². The first-order chi connectivity index (χ1) is 6.75. The molecule has 1 N–H and O–H groups in total. The van der Waals surface area contributed by atoms with Gasteiger partial charge in [-0.05, 0) is 0 Å². The topological polar surface area (TPSA) is 33.5 Å². The Morgan fingerprint density at radius 3 is 2.71 bits per heavy atom. The SMILES string of the molecule is C[NH+]1CCN(c2cc(Cl)ncn2)CC1. The Labute approximate surface area is 88.5 Å². The van der Waals surface area contributed by atoms with E-state index in [0.29, 0.717) is 5.15 Å². The fraction of sp³-hybridized carbons (Fsp3) is 0.556. The normalized spacial score (nSPS) is 18.6. The van der Waals surface area contributed by atoms with Gasteiger partial charge in [-0.2, -0.15) is 0 Å². The second-order valence-electron chi connectivity index (χ2n) is 3.64. The largest absolute Gasteiger partial charge is 0.345 e. The third kappa shape index (κ3) is 2.13. The summed E-state index contributed by atoms with van der Waals surface area (Å²) in [6.07, 6.45) is 1.52. The molecule has 0 aliphatic carbocycles. The standard InChI is InChI=1S/C9H13ClN4/c1-13-2-4-14(5-3-13)9-6-8(10)11-7-12-9/h6-7H,2-5H2,1H3/p+1. The molecule has 0 radical (unpaired) electrons. The van der Waals surface area contributed by atoms with Gasteiger partial charge in [0.15, 0.2) is 0 Å². The number of likely N-dealkylation sites (N-methyl/N-ethyl adjacent to an activating group) is 1. The molecule has 0 atom stereocenters. The highest BCUT2D eigenvalue weighted by Crippen LogP contribution is 2.13. The van der Waals surface area contributed by atoms with Gasteiger partial charge >= 0.3 is 0 Å². The first-order valence-corrected chi connectivity index (χ1v) is 5.17. The highest BCUT2D eigenvalue weighted by atomic mass is 35.5. The van der Waals surface area contributed by atoms with Crippen LogP contribution in [-0.4, -0.2) is 43.2 Å². The molecule has 2 rings (SSSR count). The van der Waals surface area contributed by atoms with Crippen LogP contribution >= 0.6 is 11.6 Å². The molecule has 4 nitrogen and oxygen atoms in total. The Kier molecular flexibility index (Phi) is 2.84. The summed E-state index contributed by atoms with van der Waals surface area (Å²) >= 11 is 5.81. The summed E-state index contributed by atoms with van der Waals surface area (Å²) in [6, 6.07) is 1.82. The van der Waals surface area contributed by atoms with Crippen LogP contribution in [0, 0.1) is 0 Å². The molecule has 0 bridgehead atoms. The van der Waals surface area contributed by atoms with Gasteiger partial charge in [-0.3, -0.25) is 0 Å². The Morgan fingerprint density at radius 1 is 1.36 bits per heavy atom. The van der Waals surface area contributed by atoms with E-state index in [9.17, 15) is 0 Å². The van der Waals surface area contributed by atoms with Gasteiger partial charge in [-0.25, -0.2) is 9.97 Å².